The van der Waals surface area contributed by atoms with Gasteiger partial charge in [-0.15, -0.1) is 0 Å². The molecule has 1 heterocycles. The molecule has 1 aliphatic heterocycles. The first kappa shape index (κ1) is 19.6. The number of rotatable bonds is 5. The van der Waals surface area contributed by atoms with Gasteiger partial charge in [0.2, 0.25) is 5.91 Å². The highest BCUT2D eigenvalue weighted by molar-refractivity contribution is 5.97. The highest BCUT2D eigenvalue weighted by Gasteiger charge is 2.20. The molecule has 2 amide bonds. The lowest BCUT2D eigenvalue weighted by Crippen LogP contribution is -2.29. The van der Waals surface area contributed by atoms with Crippen molar-refractivity contribution in [1.82, 2.24) is 10.4 Å². The zero-order valence-corrected chi connectivity index (χ0v) is 16.2. The van der Waals surface area contributed by atoms with Crippen LogP contribution in [-0.4, -0.2) is 28.5 Å². The Hall–Kier alpha value is -3.68. The van der Waals surface area contributed by atoms with Gasteiger partial charge in [-0.25, -0.2) is 5.48 Å². The van der Waals surface area contributed by atoms with E-state index in [1.54, 1.807) is 23.7 Å². The molecular formula is C23H21N3O4. The van der Waals surface area contributed by atoms with Gasteiger partial charge < -0.3 is 10.1 Å². The standard InChI is InChI=1S/C23H21N3O4/c27-22-15-26(14-18-12-17(23(28)25-29)8-11-21(18)24-22)13-16-6-9-20(10-7-16)30-19-4-2-1-3-5-19/h1-12,29H,13-15H2,(H,24,27)(H,25,28). The number of hydrogen-bond acceptors (Lipinski definition) is 5. The minimum Gasteiger partial charge on any atom is -0.457 e. The molecule has 0 atom stereocenters. The predicted octanol–water partition coefficient (Wildman–Crippen LogP) is 3.55. The number of carbonyl (C=O) groups is 2. The molecule has 0 unspecified atom stereocenters. The van der Waals surface area contributed by atoms with Crippen LogP contribution in [0.25, 0.3) is 0 Å². The van der Waals surface area contributed by atoms with Crippen LogP contribution in [0.2, 0.25) is 0 Å². The van der Waals surface area contributed by atoms with Crippen molar-refractivity contribution in [3.8, 4) is 11.5 Å². The quantitative estimate of drug-likeness (QED) is 0.448. The van der Waals surface area contributed by atoms with Gasteiger partial charge >= 0.3 is 0 Å². The monoisotopic (exact) mass is 403 g/mol. The van der Waals surface area contributed by atoms with E-state index in [0.717, 1.165) is 22.6 Å². The number of amides is 2. The fraction of sp³-hybridized carbons (Fsp3) is 0.130. The number of hydrogen-bond donors (Lipinski definition) is 3. The van der Waals surface area contributed by atoms with Crippen LogP contribution in [-0.2, 0) is 17.9 Å². The number of carbonyl (C=O) groups excluding carboxylic acids is 2. The average Bonchev–Trinajstić information content (AvgIpc) is 2.92. The minimum absolute atomic E-state index is 0.114. The Balaban J connectivity index is 1.47. The van der Waals surface area contributed by atoms with E-state index in [1.807, 2.05) is 59.5 Å². The number of anilines is 1. The highest BCUT2D eigenvalue weighted by atomic mass is 16.5. The second kappa shape index (κ2) is 8.77. The van der Waals surface area contributed by atoms with Crippen molar-refractivity contribution in [3.05, 3.63) is 89.5 Å². The van der Waals surface area contributed by atoms with Crippen LogP contribution in [0, 0.1) is 0 Å². The van der Waals surface area contributed by atoms with Gasteiger partial charge in [0.05, 0.1) is 6.54 Å². The molecule has 30 heavy (non-hydrogen) atoms. The molecule has 0 spiro atoms. The van der Waals surface area contributed by atoms with Crippen molar-refractivity contribution in [2.24, 2.45) is 0 Å². The lowest BCUT2D eigenvalue weighted by atomic mass is 10.1. The fourth-order valence-corrected chi connectivity index (χ4v) is 3.40. The van der Waals surface area contributed by atoms with E-state index in [2.05, 4.69) is 5.32 Å². The van der Waals surface area contributed by atoms with E-state index in [0.29, 0.717) is 24.3 Å². The summed E-state index contributed by atoms with van der Waals surface area (Å²) in [6.07, 6.45) is 0. The molecule has 4 rings (SSSR count). The van der Waals surface area contributed by atoms with Crippen LogP contribution in [0.3, 0.4) is 0 Å². The number of hydroxylamine groups is 1. The molecule has 7 nitrogen and oxygen atoms in total. The summed E-state index contributed by atoms with van der Waals surface area (Å²) in [7, 11) is 0. The smallest absolute Gasteiger partial charge is 0.274 e. The van der Waals surface area contributed by atoms with Gasteiger partial charge in [0.1, 0.15) is 11.5 Å². The topological polar surface area (TPSA) is 90.9 Å². The van der Waals surface area contributed by atoms with Crippen LogP contribution in [0.15, 0.2) is 72.8 Å². The van der Waals surface area contributed by atoms with Gasteiger partial charge in [0.25, 0.3) is 5.91 Å². The van der Waals surface area contributed by atoms with Crippen LogP contribution in [0.5, 0.6) is 11.5 Å². The average molecular weight is 403 g/mol. The predicted molar refractivity (Wildman–Crippen MR) is 111 cm³/mol. The summed E-state index contributed by atoms with van der Waals surface area (Å²) in [5.74, 6) is 0.809. The zero-order valence-electron chi connectivity index (χ0n) is 16.2. The maximum atomic E-state index is 12.3. The molecule has 7 heteroatoms. The van der Waals surface area contributed by atoms with Crippen LogP contribution in [0.4, 0.5) is 5.69 Å². The molecule has 0 fully saturated rings. The van der Waals surface area contributed by atoms with E-state index in [9.17, 15) is 9.59 Å². The second-order valence-electron chi connectivity index (χ2n) is 7.07. The molecule has 0 radical (unpaired) electrons. The molecule has 0 bridgehead atoms. The molecule has 152 valence electrons. The highest BCUT2D eigenvalue weighted by Crippen LogP contribution is 2.25. The molecule has 0 saturated carbocycles. The van der Waals surface area contributed by atoms with Crippen molar-refractivity contribution in [1.29, 1.82) is 0 Å². The third-order valence-electron chi connectivity index (χ3n) is 4.81. The van der Waals surface area contributed by atoms with Crippen molar-refractivity contribution in [2.75, 3.05) is 11.9 Å². The normalized spacial score (nSPS) is 13.7. The van der Waals surface area contributed by atoms with Gasteiger partial charge in [0.15, 0.2) is 0 Å². The largest absolute Gasteiger partial charge is 0.457 e. The van der Waals surface area contributed by atoms with Crippen molar-refractivity contribution in [2.45, 2.75) is 13.1 Å². The van der Waals surface area contributed by atoms with Crippen molar-refractivity contribution < 1.29 is 19.5 Å². The maximum absolute atomic E-state index is 12.3. The SMILES string of the molecule is O=C1CN(Cc2ccc(Oc3ccccc3)cc2)Cc2cc(C(=O)NO)ccc2N1. The second-order valence-corrected chi connectivity index (χ2v) is 7.07. The van der Waals surface area contributed by atoms with Crippen molar-refractivity contribution in [3.63, 3.8) is 0 Å². The molecule has 1 aliphatic rings. The van der Waals surface area contributed by atoms with E-state index in [-0.39, 0.29) is 12.5 Å². The summed E-state index contributed by atoms with van der Waals surface area (Å²) in [5, 5.41) is 11.7. The van der Waals surface area contributed by atoms with Crippen LogP contribution in [0.1, 0.15) is 21.5 Å². The summed E-state index contributed by atoms with van der Waals surface area (Å²) in [6, 6.07) is 22.2. The van der Waals surface area contributed by atoms with E-state index in [4.69, 9.17) is 9.94 Å². The summed E-state index contributed by atoms with van der Waals surface area (Å²) in [4.78, 5) is 26.0. The fourth-order valence-electron chi connectivity index (χ4n) is 3.40. The Morgan fingerprint density at radius 1 is 1.00 bits per heavy atom. The van der Waals surface area contributed by atoms with E-state index >= 15 is 0 Å². The Morgan fingerprint density at radius 2 is 1.73 bits per heavy atom. The van der Waals surface area contributed by atoms with Crippen LogP contribution < -0.4 is 15.5 Å². The third kappa shape index (κ3) is 4.65. The first-order chi connectivity index (χ1) is 14.6. The minimum atomic E-state index is -0.589. The lowest BCUT2D eigenvalue weighted by Gasteiger charge is -2.19. The number of ether oxygens (including phenoxy) is 1. The molecule has 3 N–H and O–H groups in total. The molecule has 0 saturated heterocycles. The first-order valence-corrected chi connectivity index (χ1v) is 9.52. The van der Waals surface area contributed by atoms with Gasteiger partial charge in [0, 0.05) is 24.3 Å². The molecule has 0 aliphatic carbocycles. The number of nitrogens with zero attached hydrogens (tertiary/aromatic N) is 1. The van der Waals surface area contributed by atoms with Gasteiger partial charge in [-0.1, -0.05) is 30.3 Å². The summed E-state index contributed by atoms with van der Waals surface area (Å²) >= 11 is 0. The first-order valence-electron chi connectivity index (χ1n) is 9.52. The Labute approximate surface area is 173 Å². The molecular weight excluding hydrogens is 382 g/mol. The molecule has 0 aromatic heterocycles. The van der Waals surface area contributed by atoms with E-state index < -0.39 is 5.91 Å². The Kier molecular flexibility index (Phi) is 5.74. The summed E-state index contributed by atoms with van der Waals surface area (Å²) in [5.41, 5.74) is 4.48. The zero-order chi connectivity index (χ0) is 20.9. The Morgan fingerprint density at radius 3 is 2.47 bits per heavy atom. The number of fused-ring (bicyclic) bond motifs is 1. The summed E-state index contributed by atoms with van der Waals surface area (Å²) in [6.45, 7) is 1.29. The van der Waals surface area contributed by atoms with Gasteiger partial charge in [-0.05, 0) is 53.6 Å². The third-order valence-corrected chi connectivity index (χ3v) is 4.81. The van der Waals surface area contributed by atoms with Crippen molar-refractivity contribution >= 4 is 17.5 Å². The maximum Gasteiger partial charge on any atom is 0.274 e. The molecule has 3 aromatic rings. The van der Waals surface area contributed by atoms with Crippen LogP contribution >= 0.6 is 0 Å². The number of nitrogens with one attached hydrogen (secondary N) is 2. The van der Waals surface area contributed by atoms with Gasteiger partial charge in [-0.2, -0.15) is 0 Å². The number of benzene rings is 3. The Bertz CT molecular complexity index is 1050. The number of para-hydroxylation sites is 1. The van der Waals surface area contributed by atoms with E-state index in [1.165, 1.54) is 0 Å². The molecule has 3 aromatic carbocycles. The van der Waals surface area contributed by atoms with Gasteiger partial charge in [-0.3, -0.25) is 19.7 Å². The lowest BCUT2D eigenvalue weighted by molar-refractivity contribution is -0.117. The summed E-state index contributed by atoms with van der Waals surface area (Å²) < 4.78 is 5.82.